The molecule has 3 nitrogen and oxygen atoms in total. The molecule has 2 N–H and O–H groups in total. The molecule has 0 atom stereocenters. The van der Waals surface area contributed by atoms with Crippen LogP contribution in [0.3, 0.4) is 0 Å². The van der Waals surface area contributed by atoms with Crippen molar-refractivity contribution in [3.63, 3.8) is 0 Å². The van der Waals surface area contributed by atoms with Gasteiger partial charge in [-0.3, -0.25) is 4.79 Å². The van der Waals surface area contributed by atoms with Gasteiger partial charge in [-0.1, -0.05) is 6.42 Å². The fraction of sp³-hybridized carbons (Fsp3) is 0.688. The van der Waals surface area contributed by atoms with E-state index < -0.39 is 0 Å². The van der Waals surface area contributed by atoms with E-state index in [0.717, 1.165) is 43.6 Å². The molecule has 3 rings (SSSR count). The number of nitrogens with one attached hydrogen (secondary N) is 2. The minimum atomic E-state index is -0.0380. The lowest BCUT2D eigenvalue weighted by Gasteiger charge is -2.34. The summed E-state index contributed by atoms with van der Waals surface area (Å²) < 4.78 is 0. The first kappa shape index (κ1) is 16.8. The van der Waals surface area contributed by atoms with Crippen molar-refractivity contribution in [1.82, 2.24) is 10.6 Å². The Kier molecular flexibility index (Phi) is 5.69. The predicted octanol–water partition coefficient (Wildman–Crippen LogP) is 3.31. The molecule has 0 aromatic carbocycles. The normalized spacial score (nSPS) is 20.8. The van der Waals surface area contributed by atoms with Gasteiger partial charge in [0.1, 0.15) is 0 Å². The first-order chi connectivity index (χ1) is 9.66. The summed E-state index contributed by atoms with van der Waals surface area (Å²) in [6.07, 6.45) is 8.22. The summed E-state index contributed by atoms with van der Waals surface area (Å²) >= 11 is 1.72. The number of amides is 1. The number of fused-ring (bicyclic) bond motifs is 1. The highest BCUT2D eigenvalue weighted by Gasteiger charge is 2.29. The van der Waals surface area contributed by atoms with Gasteiger partial charge in [0.2, 0.25) is 0 Å². The fourth-order valence-electron chi connectivity index (χ4n) is 3.22. The fourth-order valence-corrected chi connectivity index (χ4v) is 4.37. The Morgan fingerprint density at radius 3 is 2.71 bits per heavy atom. The van der Waals surface area contributed by atoms with Crippen molar-refractivity contribution in [3.8, 4) is 0 Å². The van der Waals surface area contributed by atoms with Crippen molar-refractivity contribution >= 4 is 29.7 Å². The van der Waals surface area contributed by atoms with Gasteiger partial charge in [0.15, 0.2) is 0 Å². The second-order valence-corrected chi connectivity index (χ2v) is 7.52. The van der Waals surface area contributed by atoms with Gasteiger partial charge in [0.25, 0.3) is 5.91 Å². The zero-order valence-electron chi connectivity index (χ0n) is 12.7. The van der Waals surface area contributed by atoms with Crippen LogP contribution in [0.15, 0.2) is 6.07 Å². The van der Waals surface area contributed by atoms with Crippen LogP contribution in [0.4, 0.5) is 0 Å². The molecule has 2 heterocycles. The van der Waals surface area contributed by atoms with Crippen LogP contribution in [0.5, 0.6) is 0 Å². The molecule has 0 spiro atoms. The second kappa shape index (κ2) is 7.12. The van der Waals surface area contributed by atoms with E-state index in [1.54, 1.807) is 11.3 Å². The molecule has 1 aliphatic heterocycles. The molecule has 2 aliphatic rings. The summed E-state index contributed by atoms with van der Waals surface area (Å²) in [6, 6.07) is 2.14. The van der Waals surface area contributed by atoms with E-state index in [4.69, 9.17) is 0 Å². The SMILES string of the molecule is CC1(NC(=O)c2cc3c(s2)CCCCC3)CCNCC1.Cl. The van der Waals surface area contributed by atoms with Crippen LogP contribution < -0.4 is 10.6 Å². The quantitative estimate of drug-likeness (QED) is 0.818. The molecular weight excluding hydrogens is 304 g/mol. The lowest BCUT2D eigenvalue weighted by molar-refractivity contribution is 0.0891. The number of rotatable bonds is 2. The minimum Gasteiger partial charge on any atom is -0.346 e. The topological polar surface area (TPSA) is 41.1 Å². The van der Waals surface area contributed by atoms with E-state index in [2.05, 4.69) is 23.6 Å². The molecule has 0 unspecified atom stereocenters. The zero-order chi connectivity index (χ0) is 14.0. The maximum Gasteiger partial charge on any atom is 0.261 e. The van der Waals surface area contributed by atoms with Gasteiger partial charge < -0.3 is 10.6 Å². The van der Waals surface area contributed by atoms with Crippen molar-refractivity contribution in [1.29, 1.82) is 0 Å². The third-order valence-corrected chi connectivity index (χ3v) is 5.83. The molecule has 5 heteroatoms. The van der Waals surface area contributed by atoms with Crippen LogP contribution in [0.2, 0.25) is 0 Å². The third kappa shape index (κ3) is 3.99. The second-order valence-electron chi connectivity index (χ2n) is 6.38. The number of hydrogen-bond acceptors (Lipinski definition) is 3. The highest BCUT2D eigenvalue weighted by molar-refractivity contribution is 7.14. The van der Waals surface area contributed by atoms with E-state index in [0.29, 0.717) is 0 Å². The van der Waals surface area contributed by atoms with Gasteiger partial charge in [0, 0.05) is 10.4 Å². The summed E-state index contributed by atoms with van der Waals surface area (Å²) in [5, 5.41) is 6.62. The number of hydrogen-bond donors (Lipinski definition) is 2. The predicted molar refractivity (Wildman–Crippen MR) is 90.8 cm³/mol. The maximum atomic E-state index is 12.5. The molecular formula is C16H25ClN2OS. The molecule has 21 heavy (non-hydrogen) atoms. The number of thiophene rings is 1. The highest BCUT2D eigenvalue weighted by Crippen LogP contribution is 2.29. The average Bonchev–Trinajstić information content (AvgIpc) is 2.71. The molecule has 0 radical (unpaired) electrons. The zero-order valence-corrected chi connectivity index (χ0v) is 14.3. The summed E-state index contributed by atoms with van der Waals surface area (Å²) in [4.78, 5) is 14.9. The van der Waals surface area contributed by atoms with Gasteiger partial charge in [-0.2, -0.15) is 0 Å². The van der Waals surface area contributed by atoms with Crippen LogP contribution in [0.1, 0.15) is 59.1 Å². The number of carbonyl (C=O) groups excluding carboxylic acids is 1. The highest BCUT2D eigenvalue weighted by atomic mass is 35.5. The number of carbonyl (C=O) groups is 1. The number of piperidine rings is 1. The van der Waals surface area contributed by atoms with Crippen molar-refractivity contribution < 1.29 is 4.79 Å². The van der Waals surface area contributed by atoms with Gasteiger partial charge in [-0.25, -0.2) is 0 Å². The van der Waals surface area contributed by atoms with Crippen LogP contribution >= 0.6 is 23.7 Å². The third-order valence-electron chi connectivity index (χ3n) is 4.59. The first-order valence-electron chi connectivity index (χ1n) is 7.81. The monoisotopic (exact) mass is 328 g/mol. The lowest BCUT2D eigenvalue weighted by atomic mass is 9.90. The van der Waals surface area contributed by atoms with Crippen LogP contribution in [0, 0.1) is 0 Å². The van der Waals surface area contributed by atoms with Crippen molar-refractivity contribution in [2.45, 2.75) is 57.4 Å². The Hall–Kier alpha value is -0.580. The van der Waals surface area contributed by atoms with Crippen molar-refractivity contribution in [3.05, 3.63) is 21.4 Å². The van der Waals surface area contributed by atoms with Crippen LogP contribution in [-0.2, 0) is 12.8 Å². The van der Waals surface area contributed by atoms with Gasteiger partial charge in [-0.05, 0) is 70.2 Å². The van der Waals surface area contributed by atoms with E-state index >= 15 is 0 Å². The summed E-state index contributed by atoms with van der Waals surface area (Å²) in [5.41, 5.74) is 1.39. The molecule has 1 aromatic heterocycles. The number of aryl methyl sites for hydroxylation is 2. The Labute approximate surface area is 137 Å². The molecule has 0 bridgehead atoms. The Bertz CT molecular complexity index is 471. The molecule has 0 saturated carbocycles. The van der Waals surface area contributed by atoms with Crippen molar-refractivity contribution in [2.24, 2.45) is 0 Å². The summed E-state index contributed by atoms with van der Waals surface area (Å²) in [7, 11) is 0. The van der Waals surface area contributed by atoms with E-state index in [1.807, 2.05) is 0 Å². The lowest BCUT2D eigenvalue weighted by Crippen LogP contribution is -2.52. The summed E-state index contributed by atoms with van der Waals surface area (Å²) in [6.45, 7) is 4.17. The molecule has 1 saturated heterocycles. The van der Waals surface area contributed by atoms with Crippen LogP contribution in [-0.4, -0.2) is 24.5 Å². The number of halogens is 1. The molecule has 118 valence electrons. The molecule has 1 aliphatic carbocycles. The van der Waals surface area contributed by atoms with E-state index in [1.165, 1.54) is 29.7 Å². The standard InChI is InChI=1S/C16H24N2OS.ClH/c1-16(7-9-17-10-8-16)18-15(19)14-11-12-5-3-2-4-6-13(12)20-14;/h11,17H,2-10H2,1H3,(H,18,19);1H. The smallest absolute Gasteiger partial charge is 0.261 e. The Balaban J connectivity index is 0.00000161. The minimum absolute atomic E-state index is 0. The first-order valence-corrected chi connectivity index (χ1v) is 8.63. The molecule has 1 fully saturated rings. The van der Waals surface area contributed by atoms with Gasteiger partial charge in [0.05, 0.1) is 4.88 Å². The van der Waals surface area contributed by atoms with Gasteiger partial charge in [-0.15, -0.1) is 23.7 Å². The van der Waals surface area contributed by atoms with Crippen LogP contribution in [0.25, 0.3) is 0 Å². The largest absolute Gasteiger partial charge is 0.346 e. The Morgan fingerprint density at radius 2 is 1.95 bits per heavy atom. The van der Waals surface area contributed by atoms with E-state index in [9.17, 15) is 4.79 Å². The average molecular weight is 329 g/mol. The van der Waals surface area contributed by atoms with Crippen molar-refractivity contribution in [2.75, 3.05) is 13.1 Å². The molecule has 1 amide bonds. The maximum absolute atomic E-state index is 12.5. The van der Waals surface area contributed by atoms with Gasteiger partial charge >= 0.3 is 0 Å². The molecule has 1 aromatic rings. The Morgan fingerprint density at radius 1 is 1.24 bits per heavy atom. The van der Waals surface area contributed by atoms with E-state index in [-0.39, 0.29) is 23.9 Å². The summed E-state index contributed by atoms with van der Waals surface area (Å²) in [5.74, 6) is 0.132.